The lowest BCUT2D eigenvalue weighted by Crippen LogP contribution is -2.07. The molecule has 2 aromatic carbocycles. The number of nitrogens with zero attached hydrogens (tertiary/aromatic N) is 1. The van der Waals surface area contributed by atoms with Crippen LogP contribution in [0.15, 0.2) is 57.7 Å². The van der Waals surface area contributed by atoms with Gasteiger partial charge in [-0.15, -0.1) is 0 Å². The predicted molar refractivity (Wildman–Crippen MR) is 107 cm³/mol. The highest BCUT2D eigenvalue weighted by molar-refractivity contribution is 5.87. The number of ether oxygens (including phenoxy) is 2. The molecule has 0 aliphatic rings. The van der Waals surface area contributed by atoms with Crippen molar-refractivity contribution >= 4 is 16.7 Å². The second-order valence-electron chi connectivity index (χ2n) is 6.43. The fourth-order valence-electron chi connectivity index (χ4n) is 2.86. The molecule has 8 nitrogen and oxygen atoms in total. The summed E-state index contributed by atoms with van der Waals surface area (Å²) in [5.74, 6) is 0.583. The second-order valence-corrected chi connectivity index (χ2v) is 6.43. The summed E-state index contributed by atoms with van der Waals surface area (Å²) >= 11 is 0. The van der Waals surface area contributed by atoms with E-state index in [1.54, 1.807) is 6.07 Å². The molecule has 0 aliphatic carbocycles. The van der Waals surface area contributed by atoms with Crippen LogP contribution in [0, 0.1) is 10.1 Å². The Morgan fingerprint density at radius 3 is 2.24 bits per heavy atom. The van der Waals surface area contributed by atoms with E-state index in [1.807, 2.05) is 30.3 Å². The van der Waals surface area contributed by atoms with Gasteiger partial charge in [-0.25, -0.2) is 4.79 Å². The van der Waals surface area contributed by atoms with E-state index in [0.29, 0.717) is 19.0 Å². The third kappa shape index (κ3) is 5.25. The first-order valence-corrected chi connectivity index (χ1v) is 9.31. The van der Waals surface area contributed by atoms with Crippen LogP contribution >= 0.6 is 0 Å². The molecular weight excluding hydrogens is 378 g/mol. The molecule has 0 saturated heterocycles. The minimum Gasteiger partial charge on any atom is -0.501 e. The van der Waals surface area contributed by atoms with Crippen LogP contribution in [0.1, 0.15) is 25.7 Å². The van der Waals surface area contributed by atoms with Crippen molar-refractivity contribution in [3.05, 3.63) is 69.1 Å². The van der Waals surface area contributed by atoms with Gasteiger partial charge < -0.3 is 19.0 Å². The summed E-state index contributed by atoms with van der Waals surface area (Å²) in [6.45, 7) is 1.13. The second kappa shape index (κ2) is 9.59. The van der Waals surface area contributed by atoms with Crippen molar-refractivity contribution in [1.82, 2.24) is 0 Å². The lowest BCUT2D eigenvalue weighted by molar-refractivity contribution is -0.388. The lowest BCUT2D eigenvalue weighted by atomic mass is 10.2. The maximum atomic E-state index is 11.6. The maximum absolute atomic E-state index is 11.6. The monoisotopic (exact) mass is 399 g/mol. The summed E-state index contributed by atoms with van der Waals surface area (Å²) in [6, 6.07) is 14.1. The van der Waals surface area contributed by atoms with Gasteiger partial charge in [-0.1, -0.05) is 18.2 Å². The molecule has 152 valence electrons. The summed E-state index contributed by atoms with van der Waals surface area (Å²) in [5.41, 5.74) is -2.11. The summed E-state index contributed by atoms with van der Waals surface area (Å²) in [5, 5.41) is 21.0. The first kappa shape index (κ1) is 20.2. The van der Waals surface area contributed by atoms with Gasteiger partial charge in [-0.2, -0.15) is 0 Å². The zero-order valence-electron chi connectivity index (χ0n) is 15.7. The normalized spacial score (nSPS) is 10.8. The molecule has 0 atom stereocenters. The standard InChI is InChI=1S/C21H21NO7/c23-20-17-14-16(10-11-18(17)29-21(24)19(20)22(25)26)28-13-7-2-1-6-12-27-15-8-4-3-5-9-15/h3-5,8-11,14,23H,1-2,6-7,12-13H2. The third-order valence-electron chi connectivity index (χ3n) is 4.33. The molecule has 0 amide bonds. The number of benzene rings is 2. The number of hydrogen-bond donors (Lipinski definition) is 1. The van der Waals surface area contributed by atoms with Crippen LogP contribution < -0.4 is 15.1 Å². The Labute approximate surface area is 166 Å². The molecule has 0 radical (unpaired) electrons. The first-order chi connectivity index (χ1) is 14.1. The van der Waals surface area contributed by atoms with Crippen molar-refractivity contribution in [3.63, 3.8) is 0 Å². The topological polar surface area (TPSA) is 112 Å². The van der Waals surface area contributed by atoms with Gasteiger partial charge >= 0.3 is 11.3 Å². The fourth-order valence-corrected chi connectivity index (χ4v) is 2.86. The largest absolute Gasteiger partial charge is 0.501 e. The zero-order chi connectivity index (χ0) is 20.6. The summed E-state index contributed by atoms with van der Waals surface area (Å²) < 4.78 is 16.2. The van der Waals surface area contributed by atoms with Crippen LogP contribution in [0.2, 0.25) is 0 Å². The van der Waals surface area contributed by atoms with Crippen molar-refractivity contribution in [3.8, 4) is 17.2 Å². The average Bonchev–Trinajstić information content (AvgIpc) is 2.71. The van der Waals surface area contributed by atoms with Crippen molar-refractivity contribution in [2.75, 3.05) is 13.2 Å². The highest BCUT2D eigenvalue weighted by Crippen LogP contribution is 2.33. The smallest absolute Gasteiger partial charge is 0.419 e. The molecular formula is C21H21NO7. The van der Waals surface area contributed by atoms with Crippen molar-refractivity contribution in [1.29, 1.82) is 0 Å². The summed E-state index contributed by atoms with van der Waals surface area (Å²) in [7, 11) is 0. The van der Waals surface area contributed by atoms with E-state index in [4.69, 9.17) is 13.9 Å². The highest BCUT2D eigenvalue weighted by atomic mass is 16.6. The Hall–Kier alpha value is -3.55. The number of nitro groups is 1. The van der Waals surface area contributed by atoms with Crippen LogP contribution in [0.5, 0.6) is 17.2 Å². The van der Waals surface area contributed by atoms with Crippen LogP contribution in [0.25, 0.3) is 11.0 Å². The minimum atomic E-state index is -1.19. The molecule has 8 heteroatoms. The van der Waals surface area contributed by atoms with Crippen molar-refractivity contribution in [2.45, 2.75) is 25.7 Å². The number of para-hydroxylation sites is 1. The van der Waals surface area contributed by atoms with Gasteiger partial charge in [-0.3, -0.25) is 10.1 Å². The number of fused-ring (bicyclic) bond motifs is 1. The van der Waals surface area contributed by atoms with E-state index in [9.17, 15) is 20.0 Å². The van der Waals surface area contributed by atoms with Gasteiger partial charge in [0.2, 0.25) is 5.75 Å². The quantitative estimate of drug-likeness (QED) is 0.232. The van der Waals surface area contributed by atoms with Crippen LogP contribution in [-0.2, 0) is 0 Å². The molecule has 3 aromatic rings. The van der Waals surface area contributed by atoms with E-state index >= 15 is 0 Å². The van der Waals surface area contributed by atoms with Gasteiger partial charge in [0, 0.05) is 0 Å². The molecule has 0 fully saturated rings. The first-order valence-electron chi connectivity index (χ1n) is 9.31. The Bertz CT molecular complexity index is 1030. The number of aromatic hydroxyl groups is 1. The predicted octanol–water partition coefficient (Wildman–Crippen LogP) is 4.43. The zero-order valence-corrected chi connectivity index (χ0v) is 15.7. The van der Waals surface area contributed by atoms with E-state index in [0.717, 1.165) is 31.4 Å². The molecule has 0 unspecified atom stereocenters. The third-order valence-corrected chi connectivity index (χ3v) is 4.33. The van der Waals surface area contributed by atoms with Crippen molar-refractivity contribution in [2.24, 2.45) is 0 Å². The lowest BCUT2D eigenvalue weighted by Gasteiger charge is -2.08. The van der Waals surface area contributed by atoms with Gasteiger partial charge in [-0.05, 0) is 56.0 Å². The number of unbranched alkanes of at least 4 members (excludes halogenated alkanes) is 3. The van der Waals surface area contributed by atoms with E-state index < -0.39 is 22.0 Å². The van der Waals surface area contributed by atoms with Gasteiger partial charge in [0.1, 0.15) is 17.1 Å². The molecule has 3 rings (SSSR count). The van der Waals surface area contributed by atoms with Crippen LogP contribution in [0.4, 0.5) is 5.69 Å². The summed E-state index contributed by atoms with van der Waals surface area (Å²) in [4.78, 5) is 21.5. The van der Waals surface area contributed by atoms with E-state index in [2.05, 4.69) is 0 Å². The van der Waals surface area contributed by atoms with Gasteiger partial charge in [0.25, 0.3) is 0 Å². The number of rotatable bonds is 10. The molecule has 0 spiro atoms. The Balaban J connectivity index is 1.45. The Morgan fingerprint density at radius 2 is 1.59 bits per heavy atom. The minimum absolute atomic E-state index is 0.0591. The SMILES string of the molecule is O=c1oc2ccc(OCCCCCCOc3ccccc3)cc2c(O)c1[N+](=O)[O-]. The molecule has 0 saturated carbocycles. The fraction of sp³-hybridized carbons (Fsp3) is 0.286. The van der Waals surface area contributed by atoms with Crippen LogP contribution in [0.3, 0.4) is 0 Å². The molecule has 1 N–H and O–H groups in total. The van der Waals surface area contributed by atoms with Gasteiger partial charge in [0.05, 0.1) is 23.5 Å². The van der Waals surface area contributed by atoms with Crippen molar-refractivity contribution < 1.29 is 23.9 Å². The Kier molecular flexibility index (Phi) is 6.67. The molecule has 1 heterocycles. The summed E-state index contributed by atoms with van der Waals surface area (Å²) in [6.07, 6.45) is 3.75. The number of hydrogen-bond acceptors (Lipinski definition) is 7. The molecule has 29 heavy (non-hydrogen) atoms. The molecule has 0 aliphatic heterocycles. The maximum Gasteiger partial charge on any atom is 0.419 e. The Morgan fingerprint density at radius 1 is 0.931 bits per heavy atom. The van der Waals surface area contributed by atoms with E-state index in [-0.39, 0.29) is 11.0 Å². The molecule has 0 bridgehead atoms. The van der Waals surface area contributed by atoms with Gasteiger partial charge in [0.15, 0.2) is 0 Å². The average molecular weight is 399 g/mol. The molecule has 1 aromatic heterocycles. The van der Waals surface area contributed by atoms with E-state index in [1.165, 1.54) is 12.1 Å². The highest BCUT2D eigenvalue weighted by Gasteiger charge is 2.24. The van der Waals surface area contributed by atoms with Crippen LogP contribution in [-0.4, -0.2) is 23.2 Å².